The minimum atomic E-state index is -4.12. The Hall–Kier alpha value is -3.03. The standard InChI is InChI=1S/C26H31N3O7S3/c1-5-29-18-10-8-16(36-6-2)12-20(18)38-26(29)28-22(31)14-39(33,34)13-21(30)27-24-23(25(32)35-4)17-9-7-15(3)11-19(17)37-24/h8,10,12,15H,5-7,9,11,13-14H2,1-4H3,(H,27,30). The van der Waals surface area contributed by atoms with Crippen LogP contribution in [0.3, 0.4) is 0 Å². The third-order valence-corrected chi connectivity index (χ3v) is 9.95. The number of thiazole rings is 1. The van der Waals surface area contributed by atoms with Gasteiger partial charge in [-0.25, -0.2) is 13.2 Å². The number of rotatable bonds is 9. The molecule has 210 valence electrons. The maximum absolute atomic E-state index is 12.7. The normalized spacial score (nSPS) is 15.7. The minimum absolute atomic E-state index is 0.276. The Morgan fingerprint density at radius 3 is 2.64 bits per heavy atom. The molecule has 1 aliphatic rings. The van der Waals surface area contributed by atoms with Crippen LogP contribution in [-0.4, -0.2) is 56.0 Å². The van der Waals surface area contributed by atoms with Crippen LogP contribution >= 0.6 is 22.7 Å². The molecule has 1 aliphatic carbocycles. The first kappa shape index (κ1) is 29.0. The molecule has 3 aromatic rings. The Labute approximate surface area is 234 Å². The van der Waals surface area contributed by atoms with Gasteiger partial charge < -0.3 is 19.4 Å². The molecule has 1 aromatic carbocycles. The summed E-state index contributed by atoms with van der Waals surface area (Å²) in [5.41, 5.74) is 1.98. The summed E-state index contributed by atoms with van der Waals surface area (Å²) in [5.74, 6) is -2.95. The van der Waals surface area contributed by atoms with Crippen molar-refractivity contribution in [2.45, 2.75) is 46.6 Å². The zero-order valence-electron chi connectivity index (χ0n) is 22.2. The van der Waals surface area contributed by atoms with E-state index in [9.17, 15) is 22.8 Å². The average molecular weight is 594 g/mol. The first-order valence-corrected chi connectivity index (χ1v) is 16.1. The molecule has 0 bridgehead atoms. The van der Waals surface area contributed by atoms with Crippen LogP contribution in [0.25, 0.3) is 10.2 Å². The lowest BCUT2D eigenvalue weighted by Gasteiger charge is -2.18. The van der Waals surface area contributed by atoms with Crippen LogP contribution < -0.4 is 14.9 Å². The van der Waals surface area contributed by atoms with Gasteiger partial charge in [-0.15, -0.1) is 11.3 Å². The van der Waals surface area contributed by atoms with Crippen LogP contribution in [0, 0.1) is 5.92 Å². The van der Waals surface area contributed by atoms with Crippen molar-refractivity contribution in [2.24, 2.45) is 10.9 Å². The number of esters is 1. The van der Waals surface area contributed by atoms with E-state index in [1.165, 1.54) is 29.8 Å². The Kier molecular flexibility index (Phi) is 8.92. The molecule has 0 spiro atoms. The number of sulfone groups is 1. The second-order valence-corrected chi connectivity index (χ2v) is 13.5. The number of hydrogen-bond donors (Lipinski definition) is 1. The number of aryl methyl sites for hydroxylation is 1. The lowest BCUT2D eigenvalue weighted by atomic mass is 9.88. The highest BCUT2D eigenvalue weighted by atomic mass is 32.2. The lowest BCUT2D eigenvalue weighted by molar-refractivity contribution is -0.115. The van der Waals surface area contributed by atoms with E-state index in [1.807, 2.05) is 36.6 Å². The largest absolute Gasteiger partial charge is 0.494 e. The molecule has 1 unspecified atom stereocenters. The molecule has 0 fully saturated rings. The summed E-state index contributed by atoms with van der Waals surface area (Å²) in [5, 5.41) is 2.85. The predicted octanol–water partition coefficient (Wildman–Crippen LogP) is 3.58. The quantitative estimate of drug-likeness (QED) is 0.375. The lowest BCUT2D eigenvalue weighted by Crippen LogP contribution is -2.28. The number of fused-ring (bicyclic) bond motifs is 2. The van der Waals surface area contributed by atoms with Gasteiger partial charge in [-0.05, 0) is 62.8 Å². The molecule has 2 heterocycles. The van der Waals surface area contributed by atoms with E-state index in [0.29, 0.717) is 36.0 Å². The van der Waals surface area contributed by atoms with Crippen molar-refractivity contribution in [3.05, 3.63) is 39.0 Å². The molecule has 1 atom stereocenters. The highest BCUT2D eigenvalue weighted by Crippen LogP contribution is 2.40. The van der Waals surface area contributed by atoms with Crippen molar-refractivity contribution in [1.29, 1.82) is 0 Å². The maximum atomic E-state index is 12.7. The fourth-order valence-electron chi connectivity index (χ4n) is 4.60. The molecule has 39 heavy (non-hydrogen) atoms. The van der Waals surface area contributed by atoms with Gasteiger partial charge in [-0.2, -0.15) is 4.99 Å². The third kappa shape index (κ3) is 6.59. The number of nitrogens with one attached hydrogen (secondary N) is 1. The summed E-state index contributed by atoms with van der Waals surface area (Å²) in [6.07, 6.45) is 2.37. The maximum Gasteiger partial charge on any atom is 0.341 e. The molecule has 0 saturated heterocycles. The topological polar surface area (TPSA) is 133 Å². The van der Waals surface area contributed by atoms with Gasteiger partial charge in [-0.3, -0.25) is 9.59 Å². The molecule has 4 rings (SSSR count). The van der Waals surface area contributed by atoms with E-state index in [0.717, 1.165) is 33.5 Å². The van der Waals surface area contributed by atoms with E-state index in [4.69, 9.17) is 9.47 Å². The van der Waals surface area contributed by atoms with Crippen LogP contribution in [0.5, 0.6) is 5.75 Å². The number of carbonyl (C=O) groups is 3. The second kappa shape index (κ2) is 12.0. The number of anilines is 1. The van der Waals surface area contributed by atoms with Gasteiger partial charge >= 0.3 is 5.97 Å². The number of amides is 2. The molecular formula is C26H31N3O7S3. The molecule has 13 heteroatoms. The predicted molar refractivity (Wildman–Crippen MR) is 151 cm³/mol. The number of thiophene rings is 1. The minimum Gasteiger partial charge on any atom is -0.494 e. The first-order valence-electron chi connectivity index (χ1n) is 12.6. The summed E-state index contributed by atoms with van der Waals surface area (Å²) in [4.78, 5) is 43.2. The van der Waals surface area contributed by atoms with Crippen molar-refractivity contribution in [1.82, 2.24) is 4.57 Å². The van der Waals surface area contributed by atoms with Crippen LogP contribution in [-0.2, 0) is 43.5 Å². The van der Waals surface area contributed by atoms with Crippen molar-refractivity contribution >= 4 is 65.5 Å². The fourth-order valence-corrected chi connectivity index (χ4v) is 8.17. The van der Waals surface area contributed by atoms with E-state index < -0.39 is 39.1 Å². The van der Waals surface area contributed by atoms with Gasteiger partial charge in [0.1, 0.15) is 22.3 Å². The smallest absolute Gasteiger partial charge is 0.341 e. The van der Waals surface area contributed by atoms with Crippen LogP contribution in [0.4, 0.5) is 5.00 Å². The third-order valence-electron chi connectivity index (χ3n) is 6.35. The van der Waals surface area contributed by atoms with Crippen molar-refractivity contribution in [3.8, 4) is 5.75 Å². The molecule has 2 amide bonds. The van der Waals surface area contributed by atoms with Gasteiger partial charge in [0.25, 0.3) is 5.91 Å². The van der Waals surface area contributed by atoms with Gasteiger partial charge in [0.15, 0.2) is 14.6 Å². The summed E-state index contributed by atoms with van der Waals surface area (Å²) >= 11 is 2.52. The summed E-state index contributed by atoms with van der Waals surface area (Å²) in [6.45, 7) is 6.95. The van der Waals surface area contributed by atoms with Crippen LogP contribution in [0.15, 0.2) is 23.2 Å². The summed E-state index contributed by atoms with van der Waals surface area (Å²) < 4.78 is 38.6. The van der Waals surface area contributed by atoms with Gasteiger partial charge in [-0.1, -0.05) is 18.3 Å². The molecular weight excluding hydrogens is 563 g/mol. The number of carbonyl (C=O) groups excluding carboxylic acids is 3. The second-order valence-electron chi connectivity index (χ2n) is 9.32. The average Bonchev–Trinajstić information content (AvgIpc) is 3.38. The number of benzene rings is 1. The van der Waals surface area contributed by atoms with E-state index >= 15 is 0 Å². The number of nitrogens with zero attached hydrogens (tertiary/aromatic N) is 2. The van der Waals surface area contributed by atoms with E-state index in [-0.39, 0.29) is 10.6 Å². The number of ether oxygens (including phenoxy) is 2. The molecule has 0 radical (unpaired) electrons. The van der Waals surface area contributed by atoms with Gasteiger partial charge in [0, 0.05) is 11.4 Å². The Morgan fingerprint density at radius 1 is 1.18 bits per heavy atom. The van der Waals surface area contributed by atoms with Crippen LogP contribution in [0.1, 0.15) is 48.0 Å². The zero-order chi connectivity index (χ0) is 28.3. The summed E-state index contributed by atoms with van der Waals surface area (Å²) in [7, 11) is -2.86. The van der Waals surface area contributed by atoms with Gasteiger partial charge in [0.05, 0.1) is 29.5 Å². The fraction of sp³-hybridized carbons (Fsp3) is 0.462. The SMILES string of the molecule is CCOc1ccc2c(c1)sc(=NC(=O)CS(=O)(=O)CC(=O)Nc1sc3c(c1C(=O)OC)CCC(C)C3)n2CC. The molecule has 1 N–H and O–H groups in total. The molecule has 10 nitrogen and oxygen atoms in total. The number of aromatic nitrogens is 1. The Bertz CT molecular complexity index is 1600. The summed E-state index contributed by atoms with van der Waals surface area (Å²) in [6, 6.07) is 5.55. The van der Waals surface area contributed by atoms with Crippen molar-refractivity contribution < 1.29 is 32.3 Å². The van der Waals surface area contributed by atoms with Gasteiger partial charge in [0.2, 0.25) is 5.91 Å². The van der Waals surface area contributed by atoms with E-state index in [2.05, 4.69) is 17.2 Å². The zero-order valence-corrected chi connectivity index (χ0v) is 24.7. The van der Waals surface area contributed by atoms with Crippen molar-refractivity contribution in [3.63, 3.8) is 0 Å². The molecule has 0 saturated carbocycles. The van der Waals surface area contributed by atoms with Crippen molar-refractivity contribution in [2.75, 3.05) is 30.5 Å². The number of hydrogen-bond acceptors (Lipinski definition) is 9. The molecule has 0 aliphatic heterocycles. The Balaban J connectivity index is 1.50. The highest BCUT2D eigenvalue weighted by molar-refractivity contribution is 7.92. The van der Waals surface area contributed by atoms with Crippen LogP contribution in [0.2, 0.25) is 0 Å². The molecule has 2 aromatic heterocycles. The first-order chi connectivity index (χ1) is 18.5. The highest BCUT2D eigenvalue weighted by Gasteiger charge is 2.30. The number of methoxy groups -OCH3 is 1. The van der Waals surface area contributed by atoms with E-state index in [1.54, 1.807) is 0 Å². The monoisotopic (exact) mass is 593 g/mol. The Morgan fingerprint density at radius 2 is 1.95 bits per heavy atom.